The smallest absolute Gasteiger partial charge is 0.349 e. The molecule has 3 aromatic rings. The van der Waals surface area contributed by atoms with Gasteiger partial charge in [0.15, 0.2) is 6.61 Å². The summed E-state index contributed by atoms with van der Waals surface area (Å²) in [5, 5.41) is 3.36. The molecule has 0 aliphatic carbocycles. The van der Waals surface area contributed by atoms with Crippen LogP contribution in [0.15, 0.2) is 66.7 Å². The molecule has 0 radical (unpaired) electrons. The minimum atomic E-state index is -0.524. The van der Waals surface area contributed by atoms with Crippen molar-refractivity contribution >= 4 is 29.2 Å². The first-order chi connectivity index (χ1) is 13.9. The summed E-state index contributed by atoms with van der Waals surface area (Å²) in [5.74, 6) is 0.187. The van der Waals surface area contributed by atoms with Gasteiger partial charge in [0.1, 0.15) is 11.5 Å². The van der Waals surface area contributed by atoms with Crippen LogP contribution in [0.1, 0.15) is 21.5 Å². The van der Waals surface area contributed by atoms with Gasteiger partial charge in [-0.1, -0.05) is 23.7 Å². The van der Waals surface area contributed by atoms with E-state index >= 15 is 0 Å². The van der Waals surface area contributed by atoms with Crippen molar-refractivity contribution in [2.75, 3.05) is 11.9 Å². The average molecular weight is 410 g/mol. The first kappa shape index (κ1) is 20.4. The van der Waals surface area contributed by atoms with Crippen molar-refractivity contribution in [1.29, 1.82) is 0 Å². The molecular weight excluding hydrogens is 390 g/mol. The van der Waals surface area contributed by atoms with E-state index in [0.717, 1.165) is 11.1 Å². The molecule has 148 valence electrons. The van der Waals surface area contributed by atoms with Crippen molar-refractivity contribution in [3.63, 3.8) is 0 Å². The monoisotopic (exact) mass is 409 g/mol. The first-order valence-corrected chi connectivity index (χ1v) is 9.36. The Hall–Kier alpha value is -3.31. The number of hydrogen-bond acceptors (Lipinski definition) is 4. The van der Waals surface area contributed by atoms with Crippen LogP contribution in [-0.4, -0.2) is 18.5 Å². The lowest BCUT2D eigenvalue weighted by Gasteiger charge is -2.10. The van der Waals surface area contributed by atoms with Crippen molar-refractivity contribution in [3.05, 3.63) is 88.4 Å². The number of esters is 1. The van der Waals surface area contributed by atoms with Gasteiger partial charge in [-0.15, -0.1) is 0 Å². The Balaban J connectivity index is 1.54. The van der Waals surface area contributed by atoms with Crippen molar-refractivity contribution in [3.8, 4) is 11.5 Å². The summed E-state index contributed by atoms with van der Waals surface area (Å²) in [7, 11) is 0. The van der Waals surface area contributed by atoms with E-state index in [1.807, 2.05) is 32.0 Å². The van der Waals surface area contributed by atoms with Crippen LogP contribution >= 0.6 is 11.6 Å². The van der Waals surface area contributed by atoms with Crippen LogP contribution in [0, 0.1) is 13.8 Å². The van der Waals surface area contributed by atoms with Gasteiger partial charge in [0.25, 0.3) is 5.91 Å². The molecule has 0 saturated carbocycles. The maximum absolute atomic E-state index is 12.3. The third kappa shape index (κ3) is 5.83. The Bertz CT molecular complexity index is 1010. The standard InChI is InChI=1S/C23H20ClNO4/c1-15-3-4-16(2)21(13-15)28-14-22(26)29-20-11-5-17(6-12-20)23(27)25-19-9-7-18(24)8-10-19/h3-13H,14H2,1-2H3,(H,25,27). The van der Waals surface area contributed by atoms with Crippen molar-refractivity contribution in [2.45, 2.75) is 13.8 Å². The number of carbonyl (C=O) groups is 2. The van der Waals surface area contributed by atoms with E-state index in [1.165, 1.54) is 0 Å². The molecule has 0 aliphatic heterocycles. The summed E-state index contributed by atoms with van der Waals surface area (Å²) >= 11 is 5.83. The zero-order valence-electron chi connectivity index (χ0n) is 16.1. The number of halogens is 1. The lowest BCUT2D eigenvalue weighted by atomic mass is 10.1. The van der Waals surface area contributed by atoms with Gasteiger partial charge in [0, 0.05) is 16.3 Å². The highest BCUT2D eigenvalue weighted by molar-refractivity contribution is 6.30. The van der Waals surface area contributed by atoms with E-state index in [1.54, 1.807) is 48.5 Å². The third-order valence-electron chi connectivity index (χ3n) is 4.14. The molecule has 0 bridgehead atoms. The van der Waals surface area contributed by atoms with Crippen LogP contribution < -0.4 is 14.8 Å². The minimum Gasteiger partial charge on any atom is -0.482 e. The molecule has 0 unspecified atom stereocenters. The van der Waals surface area contributed by atoms with E-state index in [-0.39, 0.29) is 12.5 Å². The van der Waals surface area contributed by atoms with Crippen LogP contribution in [-0.2, 0) is 4.79 Å². The molecule has 3 rings (SSSR count). The number of amides is 1. The molecule has 5 nitrogen and oxygen atoms in total. The molecule has 3 aromatic carbocycles. The zero-order valence-corrected chi connectivity index (χ0v) is 16.8. The second-order valence-corrected chi connectivity index (χ2v) is 6.95. The molecule has 0 aliphatic rings. The largest absolute Gasteiger partial charge is 0.482 e. The number of hydrogen-bond donors (Lipinski definition) is 1. The normalized spacial score (nSPS) is 10.3. The van der Waals surface area contributed by atoms with Gasteiger partial charge < -0.3 is 14.8 Å². The number of anilines is 1. The molecule has 6 heteroatoms. The summed E-state index contributed by atoms with van der Waals surface area (Å²) in [6.45, 7) is 3.66. The van der Waals surface area contributed by atoms with E-state index < -0.39 is 5.97 Å². The predicted molar refractivity (Wildman–Crippen MR) is 113 cm³/mol. The maximum Gasteiger partial charge on any atom is 0.349 e. The molecule has 0 atom stereocenters. The number of aryl methyl sites for hydroxylation is 2. The highest BCUT2D eigenvalue weighted by Crippen LogP contribution is 2.20. The molecular formula is C23H20ClNO4. The SMILES string of the molecule is Cc1ccc(C)c(OCC(=O)Oc2ccc(C(=O)Nc3ccc(Cl)cc3)cc2)c1. The fourth-order valence-corrected chi connectivity index (χ4v) is 2.70. The van der Waals surface area contributed by atoms with Crippen LogP contribution in [0.25, 0.3) is 0 Å². The third-order valence-corrected chi connectivity index (χ3v) is 4.39. The van der Waals surface area contributed by atoms with Crippen LogP contribution in [0.5, 0.6) is 11.5 Å². The van der Waals surface area contributed by atoms with Gasteiger partial charge >= 0.3 is 5.97 Å². The predicted octanol–water partition coefficient (Wildman–Crippen LogP) is 5.19. The van der Waals surface area contributed by atoms with E-state index in [4.69, 9.17) is 21.1 Å². The minimum absolute atomic E-state index is 0.205. The van der Waals surface area contributed by atoms with Crippen molar-refractivity contribution in [1.82, 2.24) is 0 Å². The van der Waals surface area contributed by atoms with Gasteiger partial charge in [-0.05, 0) is 79.6 Å². The van der Waals surface area contributed by atoms with Gasteiger partial charge in [-0.2, -0.15) is 0 Å². The molecule has 1 amide bonds. The van der Waals surface area contributed by atoms with Gasteiger partial charge in [-0.3, -0.25) is 4.79 Å². The second kappa shape index (κ2) is 9.26. The number of rotatable bonds is 6. The molecule has 29 heavy (non-hydrogen) atoms. The molecule has 0 saturated heterocycles. The fraction of sp³-hybridized carbons (Fsp3) is 0.130. The summed E-state index contributed by atoms with van der Waals surface area (Å²) in [6, 6.07) is 18.9. The molecule has 0 aromatic heterocycles. The topological polar surface area (TPSA) is 64.6 Å². The van der Waals surface area contributed by atoms with Crippen LogP contribution in [0.4, 0.5) is 5.69 Å². The zero-order chi connectivity index (χ0) is 20.8. The number of benzene rings is 3. The Morgan fingerprint density at radius 2 is 1.62 bits per heavy atom. The van der Waals surface area contributed by atoms with E-state index in [0.29, 0.717) is 27.8 Å². The van der Waals surface area contributed by atoms with Gasteiger partial charge in [0.2, 0.25) is 0 Å². The van der Waals surface area contributed by atoms with Crippen molar-refractivity contribution < 1.29 is 19.1 Å². The Labute approximate surface area is 174 Å². The fourth-order valence-electron chi connectivity index (χ4n) is 2.57. The summed E-state index contributed by atoms with van der Waals surface area (Å²) in [6.07, 6.45) is 0. The first-order valence-electron chi connectivity index (χ1n) is 8.98. The van der Waals surface area contributed by atoms with E-state index in [9.17, 15) is 9.59 Å². The number of nitrogens with one attached hydrogen (secondary N) is 1. The average Bonchev–Trinajstić information content (AvgIpc) is 2.71. The maximum atomic E-state index is 12.3. The van der Waals surface area contributed by atoms with Crippen LogP contribution in [0.2, 0.25) is 5.02 Å². The number of ether oxygens (including phenoxy) is 2. The Morgan fingerprint density at radius 3 is 2.31 bits per heavy atom. The summed E-state index contributed by atoms with van der Waals surface area (Å²) in [4.78, 5) is 24.3. The van der Waals surface area contributed by atoms with Crippen LogP contribution in [0.3, 0.4) is 0 Å². The molecule has 1 N–H and O–H groups in total. The van der Waals surface area contributed by atoms with Gasteiger partial charge in [-0.25, -0.2) is 4.79 Å². The van der Waals surface area contributed by atoms with Gasteiger partial charge in [0.05, 0.1) is 0 Å². The lowest BCUT2D eigenvalue weighted by Crippen LogP contribution is -2.18. The molecule has 0 spiro atoms. The molecule has 0 heterocycles. The molecule has 0 fully saturated rings. The summed E-state index contributed by atoms with van der Waals surface area (Å²) < 4.78 is 10.8. The Kier molecular flexibility index (Phi) is 6.52. The summed E-state index contributed by atoms with van der Waals surface area (Å²) in [5.41, 5.74) is 3.07. The highest BCUT2D eigenvalue weighted by atomic mass is 35.5. The van der Waals surface area contributed by atoms with Crippen molar-refractivity contribution in [2.24, 2.45) is 0 Å². The quantitative estimate of drug-likeness (QED) is 0.449. The number of carbonyl (C=O) groups excluding carboxylic acids is 2. The van der Waals surface area contributed by atoms with E-state index in [2.05, 4.69) is 5.32 Å². The second-order valence-electron chi connectivity index (χ2n) is 6.52. The highest BCUT2D eigenvalue weighted by Gasteiger charge is 2.10. The Morgan fingerprint density at radius 1 is 0.931 bits per heavy atom. The lowest BCUT2D eigenvalue weighted by molar-refractivity contribution is -0.136.